The Bertz CT molecular complexity index is 549. The highest BCUT2D eigenvalue weighted by molar-refractivity contribution is 5.26. The highest BCUT2D eigenvalue weighted by atomic mass is 14.5. The summed E-state index contributed by atoms with van der Waals surface area (Å²) >= 11 is 0. The van der Waals surface area contributed by atoms with Gasteiger partial charge in [-0.2, -0.15) is 0 Å². The van der Waals surface area contributed by atoms with Crippen molar-refractivity contribution in [1.29, 1.82) is 0 Å². The summed E-state index contributed by atoms with van der Waals surface area (Å²) in [7, 11) is 0. The van der Waals surface area contributed by atoms with Gasteiger partial charge in [-0.1, -0.05) is 74.7 Å². The molecule has 0 saturated heterocycles. The molecular weight excluding hydrogens is 348 g/mol. The highest BCUT2D eigenvalue weighted by Gasteiger charge is 2.48. The van der Waals surface area contributed by atoms with Crippen LogP contribution in [0.3, 0.4) is 0 Å². The lowest BCUT2D eigenvalue weighted by Gasteiger charge is -2.31. The minimum atomic E-state index is 0.990. The van der Waals surface area contributed by atoms with E-state index in [4.69, 9.17) is 0 Å². The lowest BCUT2D eigenvalue weighted by molar-refractivity contribution is 0.184. The Labute approximate surface area is 180 Å². The topological polar surface area (TPSA) is 0 Å². The molecule has 0 heterocycles. The molecule has 0 aromatic heterocycles. The molecule has 160 valence electrons. The Morgan fingerprint density at radius 3 is 1.00 bits per heavy atom. The summed E-state index contributed by atoms with van der Waals surface area (Å²) in [6, 6.07) is 0. The Hall–Kier alpha value is -0.520. The van der Waals surface area contributed by atoms with Gasteiger partial charge < -0.3 is 0 Å². The summed E-state index contributed by atoms with van der Waals surface area (Å²) in [5.74, 6) is 8.25. The van der Waals surface area contributed by atoms with Gasteiger partial charge in [-0.3, -0.25) is 0 Å². The Balaban J connectivity index is 1.24. The molecule has 6 rings (SSSR count). The van der Waals surface area contributed by atoms with Crippen LogP contribution in [-0.2, 0) is 0 Å². The lowest BCUT2D eigenvalue weighted by atomic mass is 9.73. The zero-order valence-corrected chi connectivity index (χ0v) is 18.8. The molecule has 0 nitrogen and oxygen atoms in total. The molecule has 0 N–H and O–H groups in total. The van der Waals surface area contributed by atoms with Gasteiger partial charge in [0.05, 0.1) is 0 Å². The molecule has 8 atom stereocenters. The van der Waals surface area contributed by atoms with E-state index < -0.39 is 0 Å². The largest absolute Gasteiger partial charge is 0.0810 e. The second-order valence-corrected chi connectivity index (χ2v) is 11.9. The predicted octanol–water partition coefficient (Wildman–Crippen LogP) is 8.48. The third kappa shape index (κ3) is 3.30. The fourth-order valence-electron chi connectivity index (χ4n) is 9.83. The van der Waals surface area contributed by atoms with E-state index in [1.165, 1.54) is 83.5 Å². The van der Waals surface area contributed by atoms with Crippen LogP contribution in [0.25, 0.3) is 0 Å². The van der Waals surface area contributed by atoms with E-state index in [1.54, 1.807) is 25.7 Å². The second-order valence-electron chi connectivity index (χ2n) is 11.9. The number of hydrogen-bond acceptors (Lipinski definition) is 0. The van der Waals surface area contributed by atoms with Crippen LogP contribution in [0.5, 0.6) is 0 Å². The first-order valence-electron chi connectivity index (χ1n) is 13.8. The minimum Gasteiger partial charge on any atom is -0.0810 e. The van der Waals surface area contributed by atoms with E-state index in [0.717, 1.165) is 47.3 Å². The third-order valence-electron chi connectivity index (χ3n) is 10.8. The maximum Gasteiger partial charge on any atom is -0.0163 e. The maximum absolute atomic E-state index is 2.81. The van der Waals surface area contributed by atoms with Gasteiger partial charge in [0.2, 0.25) is 0 Å². The van der Waals surface area contributed by atoms with Crippen molar-refractivity contribution in [2.24, 2.45) is 47.3 Å². The Morgan fingerprint density at radius 2 is 0.690 bits per heavy atom. The average molecular weight is 393 g/mol. The number of rotatable bonds is 2. The van der Waals surface area contributed by atoms with Crippen molar-refractivity contribution in [2.75, 3.05) is 0 Å². The molecule has 6 saturated carbocycles. The fraction of sp³-hybridized carbons (Fsp3) is 0.862. The lowest BCUT2D eigenvalue weighted by Crippen LogP contribution is -2.22. The van der Waals surface area contributed by atoms with E-state index in [0.29, 0.717) is 0 Å². The van der Waals surface area contributed by atoms with Crippen LogP contribution >= 0.6 is 0 Å². The van der Waals surface area contributed by atoms with Crippen LogP contribution in [0, 0.1) is 47.3 Å². The third-order valence-corrected chi connectivity index (χ3v) is 10.8. The molecule has 0 spiro atoms. The van der Waals surface area contributed by atoms with Crippen molar-refractivity contribution < 1.29 is 0 Å². The van der Waals surface area contributed by atoms with Gasteiger partial charge in [-0.15, -0.1) is 0 Å². The zero-order valence-electron chi connectivity index (χ0n) is 18.8. The van der Waals surface area contributed by atoms with Crippen molar-refractivity contribution in [3.8, 4) is 0 Å². The summed E-state index contributed by atoms with van der Waals surface area (Å²) in [4.78, 5) is 0. The van der Waals surface area contributed by atoms with E-state index in [9.17, 15) is 0 Å². The first-order chi connectivity index (χ1) is 14.4. The average Bonchev–Trinajstić information content (AvgIpc) is 3.28. The van der Waals surface area contributed by atoms with Crippen LogP contribution in [0.4, 0.5) is 0 Å². The van der Waals surface area contributed by atoms with Gasteiger partial charge in [0.25, 0.3) is 0 Å². The summed E-state index contributed by atoms with van der Waals surface area (Å²) in [6.45, 7) is 0. The molecule has 6 fully saturated rings. The molecule has 0 radical (unpaired) electrons. The van der Waals surface area contributed by atoms with Crippen molar-refractivity contribution in [2.45, 2.75) is 109 Å². The van der Waals surface area contributed by atoms with Crippen LogP contribution < -0.4 is 0 Å². The van der Waals surface area contributed by atoms with Gasteiger partial charge in [0.1, 0.15) is 0 Å². The Kier molecular flexibility index (Phi) is 5.42. The molecule has 0 amide bonds. The van der Waals surface area contributed by atoms with Crippen molar-refractivity contribution >= 4 is 0 Å². The molecule has 6 aliphatic rings. The van der Waals surface area contributed by atoms with Crippen LogP contribution in [0.1, 0.15) is 109 Å². The van der Waals surface area contributed by atoms with E-state index in [2.05, 4.69) is 12.2 Å². The molecule has 0 heteroatoms. The summed E-state index contributed by atoms with van der Waals surface area (Å²) in [6.07, 6.45) is 31.3. The van der Waals surface area contributed by atoms with Crippen molar-refractivity contribution in [1.82, 2.24) is 0 Å². The minimum absolute atomic E-state index is 0.990. The number of allylic oxidation sites excluding steroid dienone is 4. The summed E-state index contributed by atoms with van der Waals surface area (Å²) in [5, 5.41) is 0. The molecule has 6 aliphatic carbocycles. The van der Waals surface area contributed by atoms with E-state index in [1.807, 2.05) is 11.1 Å². The van der Waals surface area contributed by atoms with E-state index >= 15 is 0 Å². The smallest absolute Gasteiger partial charge is 0.0163 e. The summed E-state index contributed by atoms with van der Waals surface area (Å²) < 4.78 is 0. The number of fused-ring (bicyclic) bond motifs is 6. The standard InChI is InChI=1S/C29H44/c1-5-14-24-20(10-1)21-11-2-6-15-25(21)28(24)18-9-19-29-26-16-7-3-12-22(26)23-13-4-8-17-27(23)29/h18-27H,1-17H2. The number of hydrogen-bond donors (Lipinski definition) is 0. The monoisotopic (exact) mass is 392 g/mol. The Morgan fingerprint density at radius 1 is 0.414 bits per heavy atom. The predicted molar refractivity (Wildman–Crippen MR) is 123 cm³/mol. The van der Waals surface area contributed by atoms with Gasteiger partial charge in [-0.05, 0) is 105 Å². The van der Waals surface area contributed by atoms with E-state index in [-0.39, 0.29) is 0 Å². The molecule has 0 bridgehead atoms. The molecule has 8 unspecified atom stereocenters. The first kappa shape index (κ1) is 19.2. The SMILES string of the molecule is C(CC=C1C2CCCCC2C2CCCCC12)=C1C2CCCCC2C2CCCCC12. The quantitative estimate of drug-likeness (QED) is 0.413. The molecule has 0 aromatic rings. The van der Waals surface area contributed by atoms with Gasteiger partial charge in [0, 0.05) is 0 Å². The van der Waals surface area contributed by atoms with Crippen LogP contribution in [-0.4, -0.2) is 0 Å². The van der Waals surface area contributed by atoms with Crippen LogP contribution in [0.15, 0.2) is 23.3 Å². The summed E-state index contributed by atoms with van der Waals surface area (Å²) in [5.41, 5.74) is 3.93. The molecular formula is C29H44. The molecule has 0 aliphatic heterocycles. The van der Waals surface area contributed by atoms with Crippen molar-refractivity contribution in [3.63, 3.8) is 0 Å². The van der Waals surface area contributed by atoms with Gasteiger partial charge >= 0.3 is 0 Å². The zero-order chi connectivity index (χ0) is 19.2. The van der Waals surface area contributed by atoms with Gasteiger partial charge in [-0.25, -0.2) is 0 Å². The maximum atomic E-state index is 2.81. The van der Waals surface area contributed by atoms with Crippen LogP contribution in [0.2, 0.25) is 0 Å². The molecule has 29 heavy (non-hydrogen) atoms. The highest BCUT2D eigenvalue weighted by Crippen LogP contribution is 2.58. The first-order valence-corrected chi connectivity index (χ1v) is 13.8. The molecule has 0 aromatic carbocycles. The normalized spacial score (nSPS) is 46.5. The fourth-order valence-corrected chi connectivity index (χ4v) is 9.83. The second kappa shape index (κ2) is 8.20. The van der Waals surface area contributed by atoms with Crippen molar-refractivity contribution in [3.05, 3.63) is 23.3 Å². The van der Waals surface area contributed by atoms with Gasteiger partial charge in [0.15, 0.2) is 0 Å².